The van der Waals surface area contributed by atoms with Gasteiger partial charge in [-0.3, -0.25) is 14.8 Å². The van der Waals surface area contributed by atoms with Gasteiger partial charge < -0.3 is 11.1 Å². The third kappa shape index (κ3) is 4.53. The summed E-state index contributed by atoms with van der Waals surface area (Å²) in [5, 5.41) is 3.63. The van der Waals surface area contributed by atoms with Gasteiger partial charge in [0.05, 0.1) is 10.5 Å². The van der Waals surface area contributed by atoms with E-state index in [4.69, 9.17) is 17.3 Å². The molecule has 0 radical (unpaired) electrons. The molecule has 0 aliphatic rings. The van der Waals surface area contributed by atoms with Gasteiger partial charge in [-0.25, -0.2) is 9.37 Å². The summed E-state index contributed by atoms with van der Waals surface area (Å²) in [4.78, 5) is 25.4. The minimum atomic E-state index is -0.393. The molecule has 0 spiro atoms. The van der Waals surface area contributed by atoms with Crippen molar-refractivity contribution in [2.24, 2.45) is 0 Å². The highest BCUT2D eigenvalue weighted by atomic mass is 35.5. The molecule has 0 bridgehead atoms. The number of hydrogen-bond acceptors (Lipinski definition) is 5. The van der Waals surface area contributed by atoms with Crippen molar-refractivity contribution < 1.29 is 9.18 Å². The zero-order chi connectivity index (χ0) is 22.8. The summed E-state index contributed by atoms with van der Waals surface area (Å²) >= 11 is 5.96. The van der Waals surface area contributed by atoms with E-state index in [1.54, 1.807) is 42.6 Å². The molecule has 1 aromatic carbocycles. The number of hydrogen-bond donors (Lipinski definition) is 2. The quantitative estimate of drug-likeness (QED) is 0.466. The largest absolute Gasteiger partial charge is 0.384 e. The zero-order valence-corrected chi connectivity index (χ0v) is 18.4. The van der Waals surface area contributed by atoms with Crippen LogP contribution in [0.1, 0.15) is 38.4 Å². The average Bonchev–Trinajstić information content (AvgIpc) is 2.75. The van der Waals surface area contributed by atoms with Crippen molar-refractivity contribution in [2.45, 2.75) is 26.8 Å². The fraction of sp³-hybridized carbons (Fsp3) is 0.167. The Morgan fingerprint density at radius 2 is 1.97 bits per heavy atom. The van der Waals surface area contributed by atoms with Gasteiger partial charge in [-0.1, -0.05) is 17.7 Å². The summed E-state index contributed by atoms with van der Waals surface area (Å²) < 4.78 is 15.0. The number of anilines is 1. The van der Waals surface area contributed by atoms with Gasteiger partial charge in [0.25, 0.3) is 5.91 Å². The number of rotatable bonds is 5. The summed E-state index contributed by atoms with van der Waals surface area (Å²) in [7, 11) is 0. The van der Waals surface area contributed by atoms with Crippen LogP contribution in [0.5, 0.6) is 0 Å². The van der Waals surface area contributed by atoms with Crippen LogP contribution in [-0.2, 0) is 13.0 Å². The minimum absolute atomic E-state index is 0.232. The van der Waals surface area contributed by atoms with Crippen molar-refractivity contribution in [1.29, 1.82) is 0 Å². The van der Waals surface area contributed by atoms with Gasteiger partial charge in [0.2, 0.25) is 0 Å². The van der Waals surface area contributed by atoms with Crippen LogP contribution in [0.4, 0.5) is 10.2 Å². The number of nitrogen functional groups attached to an aromatic ring is 1. The van der Waals surface area contributed by atoms with Gasteiger partial charge in [-0.05, 0) is 60.9 Å². The molecule has 0 aliphatic carbocycles. The van der Waals surface area contributed by atoms with Crippen LogP contribution in [0.2, 0.25) is 5.02 Å². The minimum Gasteiger partial charge on any atom is -0.384 e. The van der Waals surface area contributed by atoms with Crippen LogP contribution in [0.15, 0.2) is 48.8 Å². The smallest absolute Gasteiger partial charge is 0.251 e. The number of nitrogens with zero attached hydrogens (tertiary/aromatic N) is 3. The third-order valence-electron chi connectivity index (χ3n) is 5.30. The molecule has 4 aromatic rings. The molecule has 0 atom stereocenters. The number of benzene rings is 1. The van der Waals surface area contributed by atoms with Crippen LogP contribution in [-0.4, -0.2) is 20.9 Å². The average molecular weight is 450 g/mol. The Bertz CT molecular complexity index is 1320. The van der Waals surface area contributed by atoms with Crippen molar-refractivity contribution in [3.63, 3.8) is 0 Å². The number of nitrogens with two attached hydrogens (primary N) is 1. The Morgan fingerprint density at radius 1 is 1.16 bits per heavy atom. The highest BCUT2D eigenvalue weighted by Crippen LogP contribution is 2.24. The summed E-state index contributed by atoms with van der Waals surface area (Å²) in [6.07, 6.45) is 3.26. The molecule has 0 saturated heterocycles. The van der Waals surface area contributed by atoms with E-state index in [0.717, 1.165) is 16.8 Å². The number of amides is 1. The lowest BCUT2D eigenvalue weighted by atomic mass is 10.0. The second kappa shape index (κ2) is 8.88. The van der Waals surface area contributed by atoms with Crippen molar-refractivity contribution in [1.82, 2.24) is 20.3 Å². The number of halogens is 2. The molecule has 3 heterocycles. The van der Waals surface area contributed by atoms with Gasteiger partial charge >= 0.3 is 0 Å². The molecule has 6 nitrogen and oxygen atoms in total. The van der Waals surface area contributed by atoms with E-state index in [1.165, 1.54) is 6.20 Å². The summed E-state index contributed by atoms with van der Waals surface area (Å²) in [5.41, 5.74) is 10.4. The number of carbonyl (C=O) groups is 1. The molecule has 0 fully saturated rings. The van der Waals surface area contributed by atoms with E-state index in [2.05, 4.69) is 20.3 Å². The van der Waals surface area contributed by atoms with E-state index in [-0.39, 0.29) is 12.3 Å². The molecule has 3 aromatic heterocycles. The number of carbonyl (C=O) groups excluding carboxylic acids is 1. The van der Waals surface area contributed by atoms with Gasteiger partial charge in [0.15, 0.2) is 0 Å². The fourth-order valence-electron chi connectivity index (χ4n) is 3.66. The molecular weight excluding hydrogens is 429 g/mol. The number of fused-ring (bicyclic) bond motifs is 1. The van der Waals surface area contributed by atoms with E-state index < -0.39 is 5.82 Å². The fourth-order valence-corrected chi connectivity index (χ4v) is 3.82. The number of nitrogens with one attached hydrogen (secondary N) is 1. The summed E-state index contributed by atoms with van der Waals surface area (Å²) in [6.45, 7) is 4.11. The molecular formula is C24H21ClFN5O. The molecule has 0 aliphatic heterocycles. The van der Waals surface area contributed by atoms with Crippen LogP contribution in [0.3, 0.4) is 0 Å². The second-order valence-electron chi connectivity index (χ2n) is 7.58. The van der Waals surface area contributed by atoms with Crippen LogP contribution < -0.4 is 11.1 Å². The maximum atomic E-state index is 15.0. The molecule has 4 rings (SSSR count). The first-order valence-corrected chi connectivity index (χ1v) is 10.4. The lowest BCUT2D eigenvalue weighted by molar-refractivity contribution is 0.0950. The highest BCUT2D eigenvalue weighted by Gasteiger charge is 2.13. The van der Waals surface area contributed by atoms with E-state index in [1.807, 2.05) is 13.8 Å². The molecule has 3 N–H and O–H groups in total. The predicted octanol–water partition coefficient (Wildman–Crippen LogP) is 4.54. The lowest BCUT2D eigenvalue weighted by Gasteiger charge is -2.12. The lowest BCUT2D eigenvalue weighted by Crippen LogP contribution is -2.24. The van der Waals surface area contributed by atoms with E-state index in [9.17, 15) is 9.18 Å². The number of aromatic nitrogens is 3. The maximum absolute atomic E-state index is 15.0. The second-order valence-corrected chi connectivity index (χ2v) is 8.02. The molecule has 0 unspecified atom stereocenters. The molecule has 1 amide bonds. The Kier molecular flexibility index (Phi) is 6.01. The monoisotopic (exact) mass is 449 g/mol. The summed E-state index contributed by atoms with van der Waals surface area (Å²) in [5.74, 6) is -0.192. The Balaban J connectivity index is 1.52. The predicted molar refractivity (Wildman–Crippen MR) is 123 cm³/mol. The van der Waals surface area contributed by atoms with Crippen LogP contribution >= 0.6 is 11.6 Å². The standard InChI is InChI=1S/C24H21ClFN5O/c1-13-7-22(27)31-14(2)20(13)12-30-24(32)16-5-6-28-18(9-16)8-15-3-4-21-19(23(15)26)10-17(25)11-29-21/h3-7,9-11H,8,12H2,1-2H3,(H2,27,31)(H,30,32). The highest BCUT2D eigenvalue weighted by molar-refractivity contribution is 6.31. The Morgan fingerprint density at radius 3 is 2.75 bits per heavy atom. The van der Waals surface area contributed by atoms with Crippen molar-refractivity contribution in [3.8, 4) is 0 Å². The van der Waals surface area contributed by atoms with E-state index in [0.29, 0.717) is 45.1 Å². The third-order valence-corrected chi connectivity index (χ3v) is 5.50. The Hall–Kier alpha value is -3.58. The molecule has 8 heteroatoms. The number of pyridine rings is 3. The molecule has 32 heavy (non-hydrogen) atoms. The SMILES string of the molecule is Cc1cc(N)nc(C)c1CNC(=O)c1ccnc(Cc2ccc3ncc(Cl)cc3c2F)c1. The first-order valence-electron chi connectivity index (χ1n) is 10.00. The van der Waals surface area contributed by atoms with Gasteiger partial charge in [0.1, 0.15) is 11.6 Å². The van der Waals surface area contributed by atoms with Gasteiger partial charge in [-0.15, -0.1) is 0 Å². The van der Waals surface area contributed by atoms with E-state index >= 15 is 0 Å². The van der Waals surface area contributed by atoms with Crippen molar-refractivity contribution in [2.75, 3.05) is 5.73 Å². The first-order chi connectivity index (χ1) is 15.3. The maximum Gasteiger partial charge on any atom is 0.251 e. The molecule has 162 valence electrons. The van der Waals surface area contributed by atoms with Gasteiger partial charge in [-0.2, -0.15) is 0 Å². The Labute approximate surface area is 189 Å². The van der Waals surface area contributed by atoms with Crippen LogP contribution in [0, 0.1) is 19.7 Å². The number of aryl methyl sites for hydroxylation is 2. The van der Waals surface area contributed by atoms with Gasteiger partial charge in [0, 0.05) is 47.7 Å². The van der Waals surface area contributed by atoms with Crippen molar-refractivity contribution >= 4 is 34.2 Å². The first kappa shape index (κ1) is 21.6. The van der Waals surface area contributed by atoms with Crippen molar-refractivity contribution in [3.05, 3.63) is 93.3 Å². The summed E-state index contributed by atoms with van der Waals surface area (Å²) in [6, 6.07) is 10.0. The molecule has 0 saturated carbocycles. The normalized spacial score (nSPS) is 11.0. The van der Waals surface area contributed by atoms with Crippen LogP contribution in [0.25, 0.3) is 10.9 Å². The zero-order valence-electron chi connectivity index (χ0n) is 17.6. The topological polar surface area (TPSA) is 93.8 Å².